The fourth-order valence-electron chi connectivity index (χ4n) is 1.61. The third kappa shape index (κ3) is 0.775. The molecule has 1 atom stereocenters. The normalized spacial score (nSPS) is 37.7. The van der Waals surface area contributed by atoms with Gasteiger partial charge in [-0.1, -0.05) is 0 Å². The topological polar surface area (TPSA) is 12.5 Å². The van der Waals surface area contributed by atoms with Gasteiger partial charge in [0.25, 0.3) is 0 Å². The number of ether oxygens (including phenoxy) is 1. The van der Waals surface area contributed by atoms with Crippen molar-refractivity contribution in [3.8, 4) is 0 Å². The molecule has 0 aromatic heterocycles. The van der Waals surface area contributed by atoms with E-state index in [1.165, 1.54) is 13.0 Å². The lowest BCUT2D eigenvalue weighted by Gasteiger charge is -2.46. The number of hydrogen-bond acceptors (Lipinski definition) is 2. The lowest BCUT2D eigenvalue weighted by Crippen LogP contribution is -2.54. The van der Waals surface area contributed by atoms with E-state index in [0.717, 1.165) is 25.2 Å². The van der Waals surface area contributed by atoms with Crippen LogP contribution in [0.3, 0.4) is 0 Å². The Kier molecular flexibility index (Phi) is 1.24. The van der Waals surface area contributed by atoms with Crippen molar-refractivity contribution in [2.24, 2.45) is 5.92 Å². The van der Waals surface area contributed by atoms with Crippen LogP contribution in [0, 0.1) is 5.92 Å². The number of rotatable bonds is 1. The van der Waals surface area contributed by atoms with Gasteiger partial charge in [-0.2, -0.15) is 0 Å². The molecule has 2 aliphatic heterocycles. The summed E-state index contributed by atoms with van der Waals surface area (Å²) in [5, 5.41) is 0. The maximum absolute atomic E-state index is 5.11. The monoisotopic (exact) mass is 127 g/mol. The fourth-order valence-corrected chi connectivity index (χ4v) is 1.61. The molecule has 2 heteroatoms. The summed E-state index contributed by atoms with van der Waals surface area (Å²) in [7, 11) is 2.20. The van der Waals surface area contributed by atoms with E-state index in [4.69, 9.17) is 4.74 Å². The van der Waals surface area contributed by atoms with Crippen LogP contribution in [0.4, 0.5) is 0 Å². The van der Waals surface area contributed by atoms with Crippen molar-refractivity contribution in [2.75, 3.05) is 26.8 Å². The molecule has 0 saturated carbocycles. The first kappa shape index (κ1) is 5.69. The average Bonchev–Trinajstić information content (AvgIpc) is 1.74. The van der Waals surface area contributed by atoms with Crippen LogP contribution in [0.5, 0.6) is 0 Å². The van der Waals surface area contributed by atoms with Crippen molar-refractivity contribution in [1.82, 2.24) is 4.90 Å². The SMILES string of the molecule is CN1CCC1C1COC1. The molecule has 0 aliphatic carbocycles. The first-order chi connectivity index (χ1) is 4.38. The second-order valence-electron chi connectivity index (χ2n) is 3.13. The van der Waals surface area contributed by atoms with Crippen molar-refractivity contribution < 1.29 is 4.74 Å². The molecule has 2 rings (SSSR count). The first-order valence-electron chi connectivity index (χ1n) is 3.66. The van der Waals surface area contributed by atoms with Gasteiger partial charge in [0.2, 0.25) is 0 Å². The molecular formula is C7H13NO. The standard InChI is InChI=1S/C7H13NO/c1-8-3-2-7(8)6-4-9-5-6/h6-7H,2-5H2,1H3. The molecular weight excluding hydrogens is 114 g/mol. The van der Waals surface area contributed by atoms with Gasteiger partial charge in [-0.15, -0.1) is 0 Å². The van der Waals surface area contributed by atoms with Crippen LogP contribution in [-0.4, -0.2) is 37.7 Å². The Bertz CT molecular complexity index is 111. The molecule has 9 heavy (non-hydrogen) atoms. The summed E-state index contributed by atoms with van der Waals surface area (Å²) in [6.07, 6.45) is 1.39. The summed E-state index contributed by atoms with van der Waals surface area (Å²) in [5.74, 6) is 0.865. The molecule has 0 amide bonds. The highest BCUT2D eigenvalue weighted by Crippen LogP contribution is 2.27. The largest absolute Gasteiger partial charge is 0.381 e. The van der Waals surface area contributed by atoms with Crippen LogP contribution in [0.15, 0.2) is 0 Å². The van der Waals surface area contributed by atoms with Crippen LogP contribution in [0.2, 0.25) is 0 Å². The van der Waals surface area contributed by atoms with Gasteiger partial charge in [-0.25, -0.2) is 0 Å². The molecule has 2 saturated heterocycles. The van der Waals surface area contributed by atoms with Gasteiger partial charge in [0.05, 0.1) is 13.2 Å². The molecule has 52 valence electrons. The summed E-state index contributed by atoms with van der Waals surface area (Å²) < 4.78 is 5.11. The molecule has 1 unspecified atom stereocenters. The third-order valence-electron chi connectivity index (χ3n) is 2.55. The highest BCUT2D eigenvalue weighted by molar-refractivity contribution is 4.88. The van der Waals surface area contributed by atoms with Crippen molar-refractivity contribution in [3.05, 3.63) is 0 Å². The highest BCUT2D eigenvalue weighted by Gasteiger charge is 2.35. The van der Waals surface area contributed by atoms with Crippen LogP contribution in [0.1, 0.15) is 6.42 Å². The lowest BCUT2D eigenvalue weighted by atomic mass is 9.88. The lowest BCUT2D eigenvalue weighted by molar-refractivity contribution is -0.0953. The Hall–Kier alpha value is -0.0800. The summed E-state index contributed by atoms with van der Waals surface area (Å²) in [6.45, 7) is 3.31. The van der Waals surface area contributed by atoms with E-state index in [2.05, 4.69) is 11.9 Å². The first-order valence-corrected chi connectivity index (χ1v) is 3.66. The number of nitrogens with zero attached hydrogens (tertiary/aromatic N) is 1. The Morgan fingerprint density at radius 1 is 1.44 bits per heavy atom. The van der Waals surface area contributed by atoms with Gasteiger partial charge < -0.3 is 9.64 Å². The van der Waals surface area contributed by atoms with E-state index in [9.17, 15) is 0 Å². The zero-order chi connectivity index (χ0) is 6.27. The van der Waals surface area contributed by atoms with Gasteiger partial charge in [0, 0.05) is 12.0 Å². The van der Waals surface area contributed by atoms with Gasteiger partial charge in [-0.3, -0.25) is 0 Å². The zero-order valence-corrected chi connectivity index (χ0v) is 5.84. The number of likely N-dealkylation sites (tertiary alicyclic amines) is 1. The van der Waals surface area contributed by atoms with Gasteiger partial charge >= 0.3 is 0 Å². The Morgan fingerprint density at radius 2 is 2.22 bits per heavy atom. The second kappa shape index (κ2) is 1.96. The molecule has 0 N–H and O–H groups in total. The van der Waals surface area contributed by atoms with Gasteiger partial charge in [-0.05, 0) is 20.0 Å². The van der Waals surface area contributed by atoms with Crippen LogP contribution >= 0.6 is 0 Å². The minimum atomic E-state index is 0.860. The van der Waals surface area contributed by atoms with E-state index in [1.807, 2.05) is 0 Å². The van der Waals surface area contributed by atoms with Crippen molar-refractivity contribution in [1.29, 1.82) is 0 Å². The van der Waals surface area contributed by atoms with E-state index in [0.29, 0.717) is 0 Å². The maximum atomic E-state index is 5.11. The quantitative estimate of drug-likeness (QED) is 0.503. The van der Waals surface area contributed by atoms with Crippen molar-refractivity contribution in [2.45, 2.75) is 12.5 Å². The van der Waals surface area contributed by atoms with E-state index >= 15 is 0 Å². The summed E-state index contributed by atoms with van der Waals surface area (Å²) in [5.41, 5.74) is 0. The molecule has 0 bridgehead atoms. The summed E-state index contributed by atoms with van der Waals surface area (Å²) >= 11 is 0. The van der Waals surface area contributed by atoms with Crippen molar-refractivity contribution >= 4 is 0 Å². The highest BCUT2D eigenvalue weighted by atomic mass is 16.5. The molecule has 2 heterocycles. The summed E-state index contributed by atoms with van der Waals surface area (Å²) in [6, 6.07) is 0.860. The molecule has 0 radical (unpaired) electrons. The van der Waals surface area contributed by atoms with E-state index in [1.54, 1.807) is 0 Å². The van der Waals surface area contributed by atoms with Crippen LogP contribution in [-0.2, 0) is 4.74 Å². The summed E-state index contributed by atoms with van der Waals surface area (Å²) in [4.78, 5) is 2.42. The van der Waals surface area contributed by atoms with E-state index in [-0.39, 0.29) is 0 Å². The maximum Gasteiger partial charge on any atom is 0.0531 e. The minimum Gasteiger partial charge on any atom is -0.381 e. The van der Waals surface area contributed by atoms with Gasteiger partial charge in [0.1, 0.15) is 0 Å². The molecule has 2 nitrogen and oxygen atoms in total. The van der Waals surface area contributed by atoms with E-state index < -0.39 is 0 Å². The Morgan fingerprint density at radius 3 is 2.33 bits per heavy atom. The average molecular weight is 127 g/mol. The molecule has 2 aliphatic rings. The molecule has 0 aromatic rings. The predicted molar refractivity (Wildman–Crippen MR) is 35.3 cm³/mol. The van der Waals surface area contributed by atoms with Gasteiger partial charge in [0.15, 0.2) is 0 Å². The predicted octanol–water partition coefficient (Wildman–Crippen LogP) is 0.337. The van der Waals surface area contributed by atoms with Crippen molar-refractivity contribution in [3.63, 3.8) is 0 Å². The zero-order valence-electron chi connectivity index (χ0n) is 5.84. The molecule has 0 aromatic carbocycles. The minimum absolute atomic E-state index is 0.860. The fraction of sp³-hybridized carbons (Fsp3) is 1.00. The molecule has 0 spiro atoms. The van der Waals surface area contributed by atoms with Crippen LogP contribution in [0.25, 0.3) is 0 Å². The Labute approximate surface area is 55.8 Å². The molecule has 2 fully saturated rings. The third-order valence-corrected chi connectivity index (χ3v) is 2.55. The second-order valence-corrected chi connectivity index (χ2v) is 3.13. The Balaban J connectivity index is 1.83. The van der Waals surface area contributed by atoms with Crippen LogP contribution < -0.4 is 0 Å². The number of hydrogen-bond donors (Lipinski definition) is 0. The smallest absolute Gasteiger partial charge is 0.0531 e.